The number of hydrogen-bond donors (Lipinski definition) is 1. The van der Waals surface area contributed by atoms with Crippen LogP contribution in [0.25, 0.3) is 0 Å². The molecule has 2 aromatic heterocycles. The van der Waals surface area contributed by atoms with Gasteiger partial charge < -0.3 is 10.1 Å². The lowest BCUT2D eigenvalue weighted by molar-refractivity contribution is 0.315. The zero-order chi connectivity index (χ0) is 13.5. The van der Waals surface area contributed by atoms with Gasteiger partial charge in [0.25, 0.3) is 0 Å². The van der Waals surface area contributed by atoms with E-state index in [1.807, 2.05) is 17.9 Å². The number of rotatable bonds is 7. The van der Waals surface area contributed by atoms with Crippen LogP contribution in [-0.4, -0.2) is 23.1 Å². The van der Waals surface area contributed by atoms with Crippen molar-refractivity contribution in [3.05, 3.63) is 40.6 Å². The van der Waals surface area contributed by atoms with E-state index in [1.54, 1.807) is 17.5 Å². The van der Waals surface area contributed by atoms with Crippen LogP contribution < -0.4 is 10.1 Å². The van der Waals surface area contributed by atoms with Gasteiger partial charge in [-0.1, -0.05) is 13.8 Å². The number of pyridine rings is 1. The van der Waals surface area contributed by atoms with Crippen molar-refractivity contribution in [3.8, 4) is 5.75 Å². The summed E-state index contributed by atoms with van der Waals surface area (Å²) in [5.74, 6) is 0.826. The van der Waals surface area contributed by atoms with Gasteiger partial charge in [-0.2, -0.15) is 0 Å². The van der Waals surface area contributed by atoms with Gasteiger partial charge in [0, 0.05) is 17.3 Å². The molecule has 1 unspecified atom stereocenters. The van der Waals surface area contributed by atoms with Crippen LogP contribution in [0.4, 0.5) is 0 Å². The molecule has 0 saturated carbocycles. The van der Waals surface area contributed by atoms with Crippen molar-refractivity contribution in [3.63, 3.8) is 0 Å². The maximum atomic E-state index is 5.64. The fourth-order valence-corrected chi connectivity index (χ4v) is 2.57. The Labute approximate surface area is 117 Å². The summed E-state index contributed by atoms with van der Waals surface area (Å²) in [4.78, 5) is 9.61. The van der Waals surface area contributed by atoms with E-state index in [-0.39, 0.29) is 6.04 Å². The Kier molecular flexibility index (Phi) is 5.30. The molecule has 1 atom stereocenters. The molecule has 1 N–H and O–H groups in total. The second-order valence-electron chi connectivity index (χ2n) is 4.20. The summed E-state index contributed by atoms with van der Waals surface area (Å²) in [6, 6.07) is 2.19. The molecule has 2 aromatic rings. The van der Waals surface area contributed by atoms with Crippen molar-refractivity contribution < 1.29 is 4.74 Å². The van der Waals surface area contributed by atoms with Crippen molar-refractivity contribution in [2.24, 2.45) is 0 Å². The van der Waals surface area contributed by atoms with Crippen LogP contribution in [0, 0.1) is 0 Å². The molecule has 5 heteroatoms. The molecule has 2 rings (SSSR count). The minimum absolute atomic E-state index is 0.134. The highest BCUT2D eigenvalue weighted by Crippen LogP contribution is 2.26. The van der Waals surface area contributed by atoms with Crippen LogP contribution >= 0.6 is 11.3 Å². The van der Waals surface area contributed by atoms with E-state index < -0.39 is 0 Å². The molecular formula is C14H19N3OS. The third kappa shape index (κ3) is 3.75. The molecule has 0 spiro atoms. The predicted molar refractivity (Wildman–Crippen MR) is 77.7 cm³/mol. The maximum absolute atomic E-state index is 5.64. The van der Waals surface area contributed by atoms with Crippen LogP contribution in [-0.2, 0) is 0 Å². The molecule has 4 nitrogen and oxygen atoms in total. The van der Waals surface area contributed by atoms with E-state index >= 15 is 0 Å². The topological polar surface area (TPSA) is 47.0 Å². The molecule has 0 radical (unpaired) electrons. The van der Waals surface area contributed by atoms with Gasteiger partial charge in [0.1, 0.15) is 5.75 Å². The van der Waals surface area contributed by atoms with Crippen molar-refractivity contribution in [2.75, 3.05) is 13.2 Å². The fraction of sp³-hybridized carbons (Fsp3) is 0.429. The molecule has 0 saturated heterocycles. The zero-order valence-electron chi connectivity index (χ0n) is 11.3. The summed E-state index contributed by atoms with van der Waals surface area (Å²) in [6.07, 6.45) is 6.54. The van der Waals surface area contributed by atoms with E-state index in [0.717, 1.165) is 30.9 Å². The molecule has 19 heavy (non-hydrogen) atoms. The van der Waals surface area contributed by atoms with Crippen LogP contribution in [0.5, 0.6) is 5.75 Å². The number of nitrogens with zero attached hydrogens (tertiary/aromatic N) is 2. The van der Waals surface area contributed by atoms with Gasteiger partial charge in [-0.05, 0) is 24.6 Å². The third-order valence-corrected chi connectivity index (χ3v) is 3.53. The van der Waals surface area contributed by atoms with Crippen molar-refractivity contribution in [1.29, 1.82) is 0 Å². The first-order valence-electron chi connectivity index (χ1n) is 6.54. The molecule has 0 fully saturated rings. The van der Waals surface area contributed by atoms with Crippen LogP contribution in [0.2, 0.25) is 0 Å². The Morgan fingerprint density at radius 2 is 2.16 bits per heavy atom. The highest BCUT2D eigenvalue weighted by atomic mass is 32.1. The predicted octanol–water partition coefficient (Wildman–Crippen LogP) is 3.03. The summed E-state index contributed by atoms with van der Waals surface area (Å²) in [6.45, 7) is 5.80. The summed E-state index contributed by atoms with van der Waals surface area (Å²) in [5, 5.41) is 3.46. The average Bonchev–Trinajstić information content (AvgIpc) is 2.96. The first kappa shape index (κ1) is 14.0. The minimum atomic E-state index is 0.134. The molecule has 0 aliphatic rings. The molecule has 0 aliphatic carbocycles. The Morgan fingerprint density at radius 1 is 1.26 bits per heavy atom. The number of thiazole rings is 1. The summed E-state index contributed by atoms with van der Waals surface area (Å²) < 4.78 is 5.64. The number of ether oxygens (including phenoxy) is 1. The Bertz CT molecular complexity index is 487. The van der Waals surface area contributed by atoms with Gasteiger partial charge in [0.05, 0.1) is 24.4 Å². The largest absolute Gasteiger partial charge is 0.492 e. The van der Waals surface area contributed by atoms with E-state index in [0.29, 0.717) is 0 Å². The number of aromatic nitrogens is 2. The third-order valence-electron chi connectivity index (χ3n) is 2.68. The van der Waals surface area contributed by atoms with Crippen molar-refractivity contribution >= 4 is 11.3 Å². The van der Waals surface area contributed by atoms with E-state index in [1.165, 1.54) is 4.88 Å². The van der Waals surface area contributed by atoms with Crippen molar-refractivity contribution in [1.82, 2.24) is 15.3 Å². The van der Waals surface area contributed by atoms with Crippen LogP contribution in [0.15, 0.2) is 30.2 Å². The van der Waals surface area contributed by atoms with Gasteiger partial charge in [0.15, 0.2) is 0 Å². The van der Waals surface area contributed by atoms with Crippen LogP contribution in [0.1, 0.15) is 36.8 Å². The molecule has 2 heterocycles. The SMILES string of the molecule is CCCOc1cncc(C(NCC)c2cncs2)c1. The lowest BCUT2D eigenvalue weighted by Crippen LogP contribution is -2.21. The maximum Gasteiger partial charge on any atom is 0.137 e. The lowest BCUT2D eigenvalue weighted by atomic mass is 10.1. The van der Waals surface area contributed by atoms with E-state index in [9.17, 15) is 0 Å². The Morgan fingerprint density at radius 3 is 2.84 bits per heavy atom. The normalized spacial score (nSPS) is 12.3. The smallest absolute Gasteiger partial charge is 0.137 e. The first-order chi connectivity index (χ1) is 9.35. The summed E-state index contributed by atoms with van der Waals surface area (Å²) in [7, 11) is 0. The van der Waals surface area contributed by atoms with E-state index in [2.05, 4.69) is 35.2 Å². The summed E-state index contributed by atoms with van der Waals surface area (Å²) >= 11 is 1.65. The minimum Gasteiger partial charge on any atom is -0.492 e. The fourth-order valence-electron chi connectivity index (χ4n) is 1.85. The molecule has 0 aromatic carbocycles. The van der Waals surface area contributed by atoms with Crippen molar-refractivity contribution in [2.45, 2.75) is 26.3 Å². The number of hydrogen-bond acceptors (Lipinski definition) is 5. The molecule has 0 aliphatic heterocycles. The monoisotopic (exact) mass is 277 g/mol. The second-order valence-corrected chi connectivity index (χ2v) is 5.11. The number of nitrogens with one attached hydrogen (secondary N) is 1. The standard InChI is InChI=1S/C14H19N3OS/c1-3-5-18-12-6-11(7-15-8-12)14(17-4-2)13-9-16-10-19-13/h6-10,14,17H,3-5H2,1-2H3. The Hall–Kier alpha value is -1.46. The molecule has 102 valence electrons. The highest BCUT2D eigenvalue weighted by molar-refractivity contribution is 7.09. The van der Waals surface area contributed by atoms with Gasteiger partial charge in [0.2, 0.25) is 0 Å². The summed E-state index contributed by atoms with van der Waals surface area (Å²) in [5.41, 5.74) is 2.96. The van der Waals surface area contributed by atoms with E-state index in [4.69, 9.17) is 4.74 Å². The van der Waals surface area contributed by atoms with Gasteiger partial charge >= 0.3 is 0 Å². The first-order valence-corrected chi connectivity index (χ1v) is 7.42. The second kappa shape index (κ2) is 7.21. The Balaban J connectivity index is 2.21. The zero-order valence-corrected chi connectivity index (χ0v) is 12.1. The van der Waals surface area contributed by atoms with Gasteiger partial charge in [-0.15, -0.1) is 11.3 Å². The lowest BCUT2D eigenvalue weighted by Gasteiger charge is -2.17. The molecule has 0 bridgehead atoms. The average molecular weight is 277 g/mol. The molecular weight excluding hydrogens is 258 g/mol. The quantitative estimate of drug-likeness (QED) is 0.845. The molecule has 0 amide bonds. The highest BCUT2D eigenvalue weighted by Gasteiger charge is 2.15. The van der Waals surface area contributed by atoms with Crippen LogP contribution in [0.3, 0.4) is 0 Å². The van der Waals surface area contributed by atoms with Gasteiger partial charge in [-0.25, -0.2) is 0 Å². The van der Waals surface area contributed by atoms with Gasteiger partial charge in [-0.3, -0.25) is 9.97 Å².